The molecule has 0 aliphatic carbocycles. The number of nitrogens with zero attached hydrogens (tertiary/aromatic N) is 4. The third-order valence-electron chi connectivity index (χ3n) is 6.77. The second kappa shape index (κ2) is 25.8. The molecule has 0 saturated carbocycles. The Hall–Kier alpha value is -2.69. The summed E-state index contributed by atoms with van der Waals surface area (Å²) in [5.74, 6) is -2.21. The Kier molecular flexibility index (Phi) is 24.2. The first-order valence-corrected chi connectivity index (χ1v) is 14.9. The van der Waals surface area contributed by atoms with Gasteiger partial charge in [-0.1, -0.05) is 26.7 Å². The van der Waals surface area contributed by atoms with Gasteiger partial charge in [-0.15, -0.1) is 0 Å². The van der Waals surface area contributed by atoms with Crippen molar-refractivity contribution < 1.29 is 44.0 Å². The minimum absolute atomic E-state index is 0.00949. The van der Waals surface area contributed by atoms with Gasteiger partial charge in [0.05, 0.1) is 32.8 Å². The van der Waals surface area contributed by atoms with Gasteiger partial charge in [-0.3, -0.25) is 38.8 Å². The molecule has 1 heterocycles. The molecule has 250 valence electrons. The number of carboxylic acid groups (broad SMARTS) is 3. The fourth-order valence-electron chi connectivity index (χ4n) is 4.43. The van der Waals surface area contributed by atoms with Gasteiger partial charge in [0, 0.05) is 78.5 Å². The van der Waals surface area contributed by atoms with E-state index in [1.165, 1.54) is 0 Å². The second-order valence-electron chi connectivity index (χ2n) is 10.9. The summed E-state index contributed by atoms with van der Waals surface area (Å²) >= 11 is 0. The molecule has 1 saturated heterocycles. The summed E-state index contributed by atoms with van der Waals surface area (Å²) in [6.07, 6.45) is 3.57. The molecular weight excluding hydrogens is 564 g/mol. The van der Waals surface area contributed by atoms with Gasteiger partial charge in [0.2, 0.25) is 5.91 Å². The van der Waals surface area contributed by atoms with Crippen LogP contribution in [0.25, 0.3) is 0 Å². The maximum atomic E-state index is 11.9. The first kappa shape index (κ1) is 40.3. The van der Waals surface area contributed by atoms with Gasteiger partial charge < -0.3 is 35.5 Å². The molecular formula is C28H54N6O9. The average Bonchev–Trinajstić information content (AvgIpc) is 2.93. The van der Waals surface area contributed by atoms with E-state index in [0.717, 1.165) is 19.3 Å². The van der Waals surface area contributed by atoms with Crippen molar-refractivity contribution in [1.29, 1.82) is 0 Å². The Labute approximate surface area is 255 Å². The highest BCUT2D eigenvalue weighted by Gasteiger charge is 2.20. The molecule has 0 aromatic heterocycles. The molecule has 0 radical (unpaired) electrons. The number of carboxylic acids is 3. The predicted molar refractivity (Wildman–Crippen MR) is 161 cm³/mol. The van der Waals surface area contributed by atoms with Crippen LogP contribution in [0, 0.1) is 5.92 Å². The molecule has 1 fully saturated rings. The topological polar surface area (TPSA) is 192 Å². The highest BCUT2D eigenvalue weighted by Crippen LogP contribution is 2.05. The molecule has 0 unspecified atom stereocenters. The lowest BCUT2D eigenvalue weighted by atomic mass is 10.1. The fourth-order valence-corrected chi connectivity index (χ4v) is 4.43. The minimum atomic E-state index is -0.983. The highest BCUT2D eigenvalue weighted by atomic mass is 16.5. The summed E-state index contributed by atoms with van der Waals surface area (Å²) in [6, 6.07) is 0. The lowest BCUT2D eigenvalue weighted by molar-refractivity contribution is -0.140. The zero-order valence-electron chi connectivity index (χ0n) is 26.0. The van der Waals surface area contributed by atoms with Crippen molar-refractivity contribution in [3.8, 4) is 0 Å². The van der Waals surface area contributed by atoms with Crippen molar-refractivity contribution in [3.05, 3.63) is 0 Å². The lowest BCUT2D eigenvalue weighted by Crippen LogP contribution is -2.49. The molecule has 15 nitrogen and oxygen atoms in total. The normalized spacial score (nSPS) is 16.4. The minimum Gasteiger partial charge on any atom is -0.480 e. The Morgan fingerprint density at radius 2 is 1.14 bits per heavy atom. The molecule has 1 aliphatic heterocycles. The van der Waals surface area contributed by atoms with Gasteiger partial charge in [0.25, 0.3) is 0 Å². The van der Waals surface area contributed by atoms with E-state index in [1.807, 2.05) is 6.79 Å². The number of unbranched alkanes of at least 4 members (excludes halogenated alkanes) is 1. The number of rotatable bonds is 19. The molecule has 0 aromatic carbocycles. The Morgan fingerprint density at radius 3 is 1.56 bits per heavy atom. The molecule has 0 aromatic rings. The number of hydrogen-bond acceptors (Lipinski definition) is 11. The van der Waals surface area contributed by atoms with Crippen LogP contribution in [-0.2, 0) is 28.7 Å². The Bertz CT molecular complexity index is 758. The summed E-state index contributed by atoms with van der Waals surface area (Å²) in [6.45, 7) is 12.0. The van der Waals surface area contributed by atoms with Crippen LogP contribution in [0.5, 0.6) is 0 Å². The zero-order valence-corrected chi connectivity index (χ0v) is 26.0. The van der Waals surface area contributed by atoms with Gasteiger partial charge in [0.15, 0.2) is 0 Å². The van der Waals surface area contributed by atoms with Crippen LogP contribution in [0.15, 0.2) is 0 Å². The number of hydrogen-bond donors (Lipinski definition) is 5. The van der Waals surface area contributed by atoms with Crippen LogP contribution < -0.4 is 10.6 Å². The lowest BCUT2D eigenvalue weighted by Gasteiger charge is -2.33. The summed E-state index contributed by atoms with van der Waals surface area (Å²) in [5, 5.41) is 34.1. The quantitative estimate of drug-likeness (QED) is 0.113. The summed E-state index contributed by atoms with van der Waals surface area (Å²) in [7, 11) is 0. The van der Waals surface area contributed by atoms with E-state index in [2.05, 4.69) is 29.4 Å². The van der Waals surface area contributed by atoms with Crippen molar-refractivity contribution in [2.45, 2.75) is 39.5 Å². The van der Waals surface area contributed by atoms with Crippen LogP contribution in [0.2, 0.25) is 0 Å². The van der Waals surface area contributed by atoms with Crippen LogP contribution in [0.1, 0.15) is 39.5 Å². The highest BCUT2D eigenvalue weighted by molar-refractivity contribution is 5.75. The van der Waals surface area contributed by atoms with Gasteiger partial charge in [-0.05, 0) is 12.3 Å². The third-order valence-corrected chi connectivity index (χ3v) is 6.77. The van der Waals surface area contributed by atoms with E-state index >= 15 is 0 Å². The maximum Gasteiger partial charge on any atom is 0.317 e. The number of aliphatic carboxylic acids is 3. The van der Waals surface area contributed by atoms with Crippen molar-refractivity contribution in [3.63, 3.8) is 0 Å². The van der Waals surface area contributed by atoms with Gasteiger partial charge in [0.1, 0.15) is 6.79 Å². The molecule has 1 aliphatic rings. The smallest absolute Gasteiger partial charge is 0.317 e. The van der Waals surface area contributed by atoms with Crippen LogP contribution in [0.3, 0.4) is 0 Å². The summed E-state index contributed by atoms with van der Waals surface area (Å²) in [5.41, 5.74) is 0. The zero-order chi connectivity index (χ0) is 32.5. The monoisotopic (exact) mass is 618 g/mol. The SMILES string of the molecule is C=O.CC(C)CCCCNC(=O)CCOCCNCN1CCN(CC(=O)O)CCN(CC(=O)O)CCN(CC(=O)O)CC1. The van der Waals surface area contributed by atoms with E-state index in [9.17, 15) is 34.5 Å². The molecule has 15 heteroatoms. The van der Waals surface area contributed by atoms with Gasteiger partial charge in [-0.25, -0.2) is 0 Å². The number of carbonyl (C=O) groups is 5. The average molecular weight is 619 g/mol. The predicted octanol–water partition coefficient (Wildman–Crippen LogP) is -0.827. The molecule has 1 rings (SSSR count). The number of carbonyl (C=O) groups excluding carboxylic acids is 2. The molecule has 1 amide bonds. The second-order valence-corrected chi connectivity index (χ2v) is 10.9. The van der Waals surface area contributed by atoms with E-state index < -0.39 is 17.9 Å². The number of ether oxygens (including phenoxy) is 1. The van der Waals surface area contributed by atoms with E-state index in [1.54, 1.807) is 14.7 Å². The molecule has 0 bridgehead atoms. The van der Waals surface area contributed by atoms with Crippen molar-refractivity contribution >= 4 is 30.6 Å². The molecule has 0 spiro atoms. The standard InChI is InChI=1S/C27H52N6O8.CH2O/c1-23(2)5-3-4-7-29-24(34)6-17-41-18-8-28-22-33-15-13-31(20-26(37)38)11-9-30(19-25(35)36)10-12-32(14-16-33)21-27(39)40;1-2/h23,28H,3-22H2,1-2H3,(H,29,34)(H,35,36)(H,37,38)(H,39,40);1H2. The first-order chi connectivity index (χ1) is 20.5. The Balaban J connectivity index is 0.00000862. The van der Waals surface area contributed by atoms with Gasteiger partial charge in [-0.2, -0.15) is 0 Å². The number of nitrogens with one attached hydrogen (secondary N) is 2. The van der Waals surface area contributed by atoms with E-state index in [0.29, 0.717) is 97.7 Å². The number of amides is 1. The third kappa shape index (κ3) is 24.4. The van der Waals surface area contributed by atoms with Gasteiger partial charge >= 0.3 is 17.9 Å². The van der Waals surface area contributed by atoms with Crippen LogP contribution >= 0.6 is 0 Å². The van der Waals surface area contributed by atoms with E-state index in [-0.39, 0.29) is 25.5 Å². The molecule has 43 heavy (non-hydrogen) atoms. The van der Waals surface area contributed by atoms with Crippen molar-refractivity contribution in [2.75, 3.05) is 105 Å². The van der Waals surface area contributed by atoms with Crippen molar-refractivity contribution in [2.24, 2.45) is 5.92 Å². The van der Waals surface area contributed by atoms with E-state index in [4.69, 9.17) is 9.53 Å². The maximum absolute atomic E-state index is 11.9. The van der Waals surface area contributed by atoms with Crippen molar-refractivity contribution in [1.82, 2.24) is 30.2 Å². The van der Waals surface area contributed by atoms with Crippen LogP contribution in [0.4, 0.5) is 0 Å². The summed E-state index contributed by atoms with van der Waals surface area (Å²) < 4.78 is 5.59. The largest absolute Gasteiger partial charge is 0.480 e. The molecule has 0 atom stereocenters. The fraction of sp³-hybridized carbons (Fsp3) is 0.821. The van der Waals surface area contributed by atoms with Crippen LogP contribution in [-0.4, -0.2) is 170 Å². The first-order valence-electron chi connectivity index (χ1n) is 14.9. The molecule has 5 N–H and O–H groups in total. The summed E-state index contributed by atoms with van der Waals surface area (Å²) in [4.78, 5) is 61.4. The Morgan fingerprint density at radius 1 is 0.698 bits per heavy atom.